The Morgan fingerprint density at radius 1 is 1.53 bits per heavy atom. The molecular formula is C11H13BrClNO3. The molecule has 6 heteroatoms. The summed E-state index contributed by atoms with van der Waals surface area (Å²) in [6.07, 6.45) is -2.21. The number of carbonyl (C=O) groups is 1. The molecule has 1 aromatic rings. The van der Waals surface area contributed by atoms with Crippen LogP contribution in [0.1, 0.15) is 18.6 Å². The molecule has 3 N–H and O–H groups in total. The second-order valence-corrected chi connectivity index (χ2v) is 4.91. The van der Waals surface area contributed by atoms with Gasteiger partial charge in [0.05, 0.1) is 0 Å². The van der Waals surface area contributed by atoms with E-state index in [-0.39, 0.29) is 12.5 Å². The van der Waals surface area contributed by atoms with Crippen LogP contribution in [0, 0.1) is 0 Å². The van der Waals surface area contributed by atoms with Crippen LogP contribution in [0.25, 0.3) is 0 Å². The lowest BCUT2D eigenvalue weighted by molar-refractivity contribution is -0.119. The van der Waals surface area contributed by atoms with E-state index in [1.165, 1.54) is 6.92 Å². The molecule has 1 aromatic carbocycles. The Morgan fingerprint density at radius 3 is 2.76 bits per heavy atom. The minimum Gasteiger partial charge on any atom is -0.388 e. The Bertz CT molecular complexity index is 414. The Balaban J connectivity index is 2.77. The molecule has 0 saturated carbocycles. The lowest BCUT2D eigenvalue weighted by atomic mass is 10.0. The summed E-state index contributed by atoms with van der Waals surface area (Å²) in [5.41, 5.74) is 0.482. The van der Waals surface area contributed by atoms with Gasteiger partial charge in [0, 0.05) is 23.0 Å². The topological polar surface area (TPSA) is 69.6 Å². The Kier molecular flexibility index (Phi) is 5.39. The molecule has 2 unspecified atom stereocenters. The number of nitrogens with one attached hydrogen (secondary N) is 1. The molecule has 0 aliphatic carbocycles. The van der Waals surface area contributed by atoms with Crippen molar-refractivity contribution in [2.75, 3.05) is 6.54 Å². The van der Waals surface area contributed by atoms with Gasteiger partial charge >= 0.3 is 0 Å². The molecular weight excluding hydrogens is 309 g/mol. The van der Waals surface area contributed by atoms with Gasteiger partial charge in [0.15, 0.2) is 0 Å². The first-order valence-corrected chi connectivity index (χ1v) is 6.14. The second-order valence-electron chi connectivity index (χ2n) is 3.62. The van der Waals surface area contributed by atoms with Gasteiger partial charge in [-0.2, -0.15) is 0 Å². The predicted octanol–water partition coefficient (Wildman–Crippen LogP) is 1.63. The highest BCUT2D eigenvalue weighted by atomic mass is 79.9. The van der Waals surface area contributed by atoms with Crippen molar-refractivity contribution in [3.8, 4) is 0 Å². The van der Waals surface area contributed by atoms with Crippen LogP contribution < -0.4 is 5.32 Å². The van der Waals surface area contributed by atoms with Crippen LogP contribution in [0.15, 0.2) is 22.7 Å². The fourth-order valence-electron chi connectivity index (χ4n) is 1.31. The molecule has 0 radical (unpaired) electrons. The molecule has 0 aliphatic rings. The first-order chi connectivity index (χ1) is 7.91. The van der Waals surface area contributed by atoms with Gasteiger partial charge in [-0.15, -0.1) is 0 Å². The number of halogens is 2. The minimum atomic E-state index is -1.12. The van der Waals surface area contributed by atoms with Crippen molar-refractivity contribution in [2.24, 2.45) is 0 Å². The second kappa shape index (κ2) is 6.35. The van der Waals surface area contributed by atoms with E-state index in [4.69, 9.17) is 11.6 Å². The number of aliphatic hydroxyl groups is 2. The highest BCUT2D eigenvalue weighted by Gasteiger charge is 2.21. The normalized spacial score (nSPS) is 14.2. The van der Waals surface area contributed by atoms with Gasteiger partial charge in [-0.1, -0.05) is 27.5 Å². The summed E-state index contributed by atoms with van der Waals surface area (Å²) >= 11 is 9.07. The van der Waals surface area contributed by atoms with E-state index >= 15 is 0 Å². The molecule has 0 heterocycles. The average Bonchev–Trinajstić information content (AvgIpc) is 2.28. The fraction of sp³-hybridized carbons (Fsp3) is 0.364. The standard InChI is InChI=1S/C11H13BrClNO3/c1-6(15)14-5-10(16)11(17)8-4-7(13)2-3-9(8)12/h2-4,10-11,16-17H,5H2,1H3,(H,14,15). The number of benzene rings is 1. The lowest BCUT2D eigenvalue weighted by Crippen LogP contribution is -2.34. The summed E-state index contributed by atoms with van der Waals surface area (Å²) in [5, 5.41) is 22.5. The average molecular weight is 323 g/mol. The SMILES string of the molecule is CC(=O)NCC(O)C(O)c1cc(Cl)ccc1Br. The fourth-order valence-corrected chi connectivity index (χ4v) is 1.97. The third kappa shape index (κ3) is 4.27. The Morgan fingerprint density at radius 2 is 2.18 bits per heavy atom. The number of rotatable bonds is 4. The van der Waals surface area contributed by atoms with E-state index < -0.39 is 12.2 Å². The van der Waals surface area contributed by atoms with Gasteiger partial charge < -0.3 is 15.5 Å². The summed E-state index contributed by atoms with van der Waals surface area (Å²) in [6, 6.07) is 4.92. The first-order valence-electron chi connectivity index (χ1n) is 4.97. The molecule has 0 bridgehead atoms. The summed E-state index contributed by atoms with van der Waals surface area (Å²) < 4.78 is 0.649. The number of carbonyl (C=O) groups excluding carboxylic acids is 1. The van der Waals surface area contributed by atoms with Crippen molar-refractivity contribution in [1.29, 1.82) is 0 Å². The third-order valence-corrected chi connectivity index (χ3v) is 3.16. The van der Waals surface area contributed by atoms with Crippen LogP contribution >= 0.6 is 27.5 Å². The maximum atomic E-state index is 10.7. The molecule has 0 aromatic heterocycles. The Hall–Kier alpha value is -0.620. The third-order valence-electron chi connectivity index (χ3n) is 2.20. The monoisotopic (exact) mass is 321 g/mol. The van der Waals surface area contributed by atoms with E-state index in [1.54, 1.807) is 18.2 Å². The van der Waals surface area contributed by atoms with Crippen LogP contribution in [0.3, 0.4) is 0 Å². The van der Waals surface area contributed by atoms with Crippen molar-refractivity contribution >= 4 is 33.4 Å². The number of hydrogen-bond acceptors (Lipinski definition) is 3. The van der Waals surface area contributed by atoms with Gasteiger partial charge in [-0.25, -0.2) is 0 Å². The van der Waals surface area contributed by atoms with E-state index in [2.05, 4.69) is 21.2 Å². The molecule has 94 valence electrons. The summed E-state index contributed by atoms with van der Waals surface area (Å²) in [6.45, 7) is 1.32. The largest absolute Gasteiger partial charge is 0.388 e. The van der Waals surface area contributed by atoms with Crippen LogP contribution in [0.4, 0.5) is 0 Å². The molecule has 1 amide bonds. The van der Waals surface area contributed by atoms with Gasteiger partial charge in [-0.05, 0) is 23.8 Å². The molecule has 0 fully saturated rings. The lowest BCUT2D eigenvalue weighted by Gasteiger charge is -2.19. The van der Waals surface area contributed by atoms with Gasteiger partial charge in [0.1, 0.15) is 12.2 Å². The number of aliphatic hydroxyl groups excluding tert-OH is 2. The zero-order chi connectivity index (χ0) is 13.0. The molecule has 4 nitrogen and oxygen atoms in total. The molecule has 2 atom stereocenters. The van der Waals surface area contributed by atoms with Crippen LogP contribution in [-0.4, -0.2) is 28.8 Å². The van der Waals surface area contributed by atoms with Crippen LogP contribution in [0.5, 0.6) is 0 Å². The van der Waals surface area contributed by atoms with Crippen molar-refractivity contribution in [3.05, 3.63) is 33.3 Å². The first kappa shape index (κ1) is 14.4. The highest BCUT2D eigenvalue weighted by Crippen LogP contribution is 2.28. The minimum absolute atomic E-state index is 0.0184. The summed E-state index contributed by atoms with van der Waals surface area (Å²) in [5.74, 6) is -0.263. The maximum absolute atomic E-state index is 10.7. The molecule has 0 aliphatic heterocycles. The molecule has 1 rings (SSSR count). The highest BCUT2D eigenvalue weighted by molar-refractivity contribution is 9.10. The van der Waals surface area contributed by atoms with E-state index in [0.29, 0.717) is 15.1 Å². The zero-order valence-corrected chi connectivity index (χ0v) is 11.5. The van der Waals surface area contributed by atoms with Crippen LogP contribution in [0.2, 0.25) is 5.02 Å². The summed E-state index contributed by atoms with van der Waals surface area (Å²) in [4.78, 5) is 10.7. The van der Waals surface area contributed by atoms with Crippen LogP contribution in [-0.2, 0) is 4.79 Å². The quantitative estimate of drug-likeness (QED) is 0.789. The number of amides is 1. The van der Waals surface area contributed by atoms with Crippen molar-refractivity contribution in [3.63, 3.8) is 0 Å². The van der Waals surface area contributed by atoms with E-state index in [0.717, 1.165) is 0 Å². The van der Waals surface area contributed by atoms with Gasteiger partial charge in [0.25, 0.3) is 0 Å². The molecule has 0 saturated heterocycles. The van der Waals surface area contributed by atoms with Gasteiger partial charge in [0.2, 0.25) is 5.91 Å². The van der Waals surface area contributed by atoms with Gasteiger partial charge in [-0.3, -0.25) is 4.79 Å². The van der Waals surface area contributed by atoms with Crippen molar-refractivity contribution in [2.45, 2.75) is 19.1 Å². The summed E-state index contributed by atoms with van der Waals surface area (Å²) in [7, 11) is 0. The smallest absolute Gasteiger partial charge is 0.216 e. The van der Waals surface area contributed by atoms with Crippen molar-refractivity contribution in [1.82, 2.24) is 5.32 Å². The predicted molar refractivity (Wildman–Crippen MR) is 68.8 cm³/mol. The molecule has 0 spiro atoms. The number of hydrogen-bond donors (Lipinski definition) is 3. The zero-order valence-electron chi connectivity index (χ0n) is 9.15. The molecule has 17 heavy (non-hydrogen) atoms. The maximum Gasteiger partial charge on any atom is 0.216 e. The van der Waals surface area contributed by atoms with Crippen molar-refractivity contribution < 1.29 is 15.0 Å². The van der Waals surface area contributed by atoms with E-state index in [1.807, 2.05) is 0 Å². The Labute approximate surface area is 113 Å². The van der Waals surface area contributed by atoms with E-state index in [9.17, 15) is 15.0 Å².